The summed E-state index contributed by atoms with van der Waals surface area (Å²) in [6.45, 7) is 6.24. The van der Waals surface area contributed by atoms with Gasteiger partial charge in [-0.25, -0.2) is 0 Å². The minimum absolute atomic E-state index is 0.324. The molecule has 1 rings (SSSR count). The standard InChI is InChI=1S/C14H21Cl2NS/c1-4-14(5-2,18-3)10-17-9-11-8-12(15)6-7-13(11)16/h6-8,17H,4-5,9-10H2,1-3H3. The van der Waals surface area contributed by atoms with E-state index in [4.69, 9.17) is 23.2 Å². The molecule has 0 bridgehead atoms. The molecule has 0 aliphatic heterocycles. The Morgan fingerprint density at radius 2 is 1.89 bits per heavy atom. The van der Waals surface area contributed by atoms with Crippen LogP contribution in [0.1, 0.15) is 32.3 Å². The molecule has 1 aromatic carbocycles. The summed E-state index contributed by atoms with van der Waals surface area (Å²) in [7, 11) is 0. The second-order valence-corrected chi connectivity index (χ2v) is 6.55. The van der Waals surface area contributed by atoms with Crippen molar-refractivity contribution in [2.24, 2.45) is 0 Å². The van der Waals surface area contributed by atoms with Crippen LogP contribution in [0.25, 0.3) is 0 Å². The van der Waals surface area contributed by atoms with Crippen LogP contribution in [-0.2, 0) is 6.54 Å². The van der Waals surface area contributed by atoms with E-state index in [9.17, 15) is 0 Å². The van der Waals surface area contributed by atoms with Gasteiger partial charge < -0.3 is 5.32 Å². The van der Waals surface area contributed by atoms with Gasteiger partial charge in [0, 0.05) is 27.9 Å². The van der Waals surface area contributed by atoms with Crippen molar-refractivity contribution >= 4 is 35.0 Å². The Hall–Kier alpha value is 0.110. The van der Waals surface area contributed by atoms with Gasteiger partial charge in [0.25, 0.3) is 0 Å². The first-order valence-corrected chi connectivity index (χ1v) is 8.24. The van der Waals surface area contributed by atoms with Gasteiger partial charge in [-0.2, -0.15) is 11.8 Å². The first-order valence-electron chi connectivity index (χ1n) is 6.26. The molecule has 0 saturated heterocycles. The van der Waals surface area contributed by atoms with E-state index in [0.29, 0.717) is 4.75 Å². The van der Waals surface area contributed by atoms with E-state index in [1.165, 1.54) is 12.8 Å². The Labute approximate surface area is 125 Å². The minimum atomic E-state index is 0.324. The number of halogens is 2. The predicted molar refractivity (Wildman–Crippen MR) is 85.0 cm³/mol. The highest BCUT2D eigenvalue weighted by atomic mass is 35.5. The zero-order valence-corrected chi connectivity index (χ0v) is 13.6. The zero-order valence-electron chi connectivity index (χ0n) is 11.2. The lowest BCUT2D eigenvalue weighted by Crippen LogP contribution is -2.36. The summed E-state index contributed by atoms with van der Waals surface area (Å²) in [4.78, 5) is 0. The van der Waals surface area contributed by atoms with Gasteiger partial charge in [0.2, 0.25) is 0 Å². The minimum Gasteiger partial charge on any atom is -0.311 e. The fraction of sp³-hybridized carbons (Fsp3) is 0.571. The first kappa shape index (κ1) is 16.2. The van der Waals surface area contributed by atoms with E-state index < -0.39 is 0 Å². The molecule has 0 saturated carbocycles. The highest BCUT2D eigenvalue weighted by Crippen LogP contribution is 2.29. The van der Waals surface area contributed by atoms with Crippen molar-refractivity contribution in [3.05, 3.63) is 33.8 Å². The summed E-state index contributed by atoms with van der Waals surface area (Å²) in [5.41, 5.74) is 1.06. The lowest BCUT2D eigenvalue weighted by Gasteiger charge is -2.30. The van der Waals surface area contributed by atoms with E-state index in [1.54, 1.807) is 0 Å². The van der Waals surface area contributed by atoms with Crippen LogP contribution in [0.3, 0.4) is 0 Å². The third-order valence-corrected chi connectivity index (χ3v) is 5.68. The van der Waals surface area contributed by atoms with Crippen molar-refractivity contribution in [1.29, 1.82) is 0 Å². The Kier molecular flexibility index (Phi) is 6.86. The van der Waals surface area contributed by atoms with Gasteiger partial charge in [0.15, 0.2) is 0 Å². The highest BCUT2D eigenvalue weighted by molar-refractivity contribution is 8.00. The van der Waals surface area contributed by atoms with Crippen LogP contribution >= 0.6 is 35.0 Å². The predicted octanol–water partition coefficient (Wildman–Crippen LogP) is 5.00. The monoisotopic (exact) mass is 305 g/mol. The molecule has 18 heavy (non-hydrogen) atoms. The van der Waals surface area contributed by atoms with E-state index in [2.05, 4.69) is 25.4 Å². The number of rotatable bonds is 7. The van der Waals surface area contributed by atoms with Gasteiger partial charge in [0.05, 0.1) is 0 Å². The fourth-order valence-electron chi connectivity index (χ4n) is 1.96. The number of thioether (sulfide) groups is 1. The molecule has 0 radical (unpaired) electrons. The number of benzene rings is 1. The fourth-order valence-corrected chi connectivity index (χ4v) is 3.17. The molecular formula is C14H21Cl2NS. The maximum atomic E-state index is 6.14. The van der Waals surface area contributed by atoms with Gasteiger partial charge in [-0.15, -0.1) is 0 Å². The van der Waals surface area contributed by atoms with E-state index in [1.807, 2.05) is 30.0 Å². The lowest BCUT2D eigenvalue weighted by atomic mass is 10.0. The Balaban J connectivity index is 2.57. The molecule has 4 heteroatoms. The summed E-state index contributed by atoms with van der Waals surface area (Å²) >= 11 is 14.1. The SMILES string of the molecule is CCC(CC)(CNCc1cc(Cl)ccc1Cl)SC. The van der Waals surface area contributed by atoms with Crippen molar-refractivity contribution in [2.45, 2.75) is 38.0 Å². The zero-order chi connectivity index (χ0) is 13.6. The van der Waals surface area contributed by atoms with E-state index >= 15 is 0 Å². The van der Waals surface area contributed by atoms with Crippen LogP contribution in [0.5, 0.6) is 0 Å². The van der Waals surface area contributed by atoms with Crippen LogP contribution in [0.4, 0.5) is 0 Å². The van der Waals surface area contributed by atoms with E-state index in [-0.39, 0.29) is 0 Å². The van der Waals surface area contributed by atoms with Crippen molar-refractivity contribution in [3.63, 3.8) is 0 Å². The quantitative estimate of drug-likeness (QED) is 0.760. The van der Waals surface area contributed by atoms with Crippen molar-refractivity contribution in [1.82, 2.24) is 5.32 Å². The topological polar surface area (TPSA) is 12.0 Å². The highest BCUT2D eigenvalue weighted by Gasteiger charge is 2.24. The van der Waals surface area contributed by atoms with Crippen molar-refractivity contribution < 1.29 is 0 Å². The molecule has 0 heterocycles. The molecule has 0 spiro atoms. The first-order chi connectivity index (χ1) is 8.56. The van der Waals surface area contributed by atoms with Crippen LogP contribution in [0.2, 0.25) is 10.0 Å². The number of nitrogens with one attached hydrogen (secondary N) is 1. The normalized spacial score (nSPS) is 11.8. The Bertz CT molecular complexity index is 370. The van der Waals surface area contributed by atoms with Crippen LogP contribution in [0.15, 0.2) is 18.2 Å². The van der Waals surface area contributed by atoms with Crippen LogP contribution in [-0.4, -0.2) is 17.5 Å². The number of hydrogen-bond donors (Lipinski definition) is 1. The molecule has 1 aromatic rings. The number of hydrogen-bond acceptors (Lipinski definition) is 2. The van der Waals surface area contributed by atoms with Gasteiger partial charge in [-0.3, -0.25) is 0 Å². The molecule has 1 N–H and O–H groups in total. The summed E-state index contributed by atoms with van der Waals surface area (Å²) < 4.78 is 0.324. The third-order valence-electron chi connectivity index (χ3n) is 3.49. The molecule has 0 aliphatic carbocycles. The lowest BCUT2D eigenvalue weighted by molar-refractivity contribution is 0.495. The molecule has 0 unspecified atom stereocenters. The smallest absolute Gasteiger partial charge is 0.0451 e. The summed E-state index contributed by atoms with van der Waals surface area (Å²) in [6.07, 6.45) is 4.52. The molecular weight excluding hydrogens is 285 g/mol. The van der Waals surface area contributed by atoms with Crippen LogP contribution in [0, 0.1) is 0 Å². The summed E-state index contributed by atoms with van der Waals surface area (Å²) in [6, 6.07) is 5.59. The average Bonchev–Trinajstić information content (AvgIpc) is 2.39. The van der Waals surface area contributed by atoms with Gasteiger partial charge in [-0.05, 0) is 42.9 Å². The molecule has 1 nitrogen and oxygen atoms in total. The summed E-state index contributed by atoms with van der Waals surface area (Å²) in [5.74, 6) is 0. The van der Waals surface area contributed by atoms with Crippen LogP contribution < -0.4 is 5.32 Å². The maximum absolute atomic E-state index is 6.14. The molecule has 0 atom stereocenters. The van der Waals surface area contributed by atoms with Crippen molar-refractivity contribution in [2.75, 3.05) is 12.8 Å². The molecule has 102 valence electrons. The molecule has 0 aromatic heterocycles. The molecule has 0 amide bonds. The van der Waals surface area contributed by atoms with Gasteiger partial charge in [-0.1, -0.05) is 37.0 Å². The summed E-state index contributed by atoms with van der Waals surface area (Å²) in [5, 5.41) is 5.01. The third kappa shape index (κ3) is 4.34. The Morgan fingerprint density at radius 1 is 1.22 bits per heavy atom. The molecule has 0 fully saturated rings. The van der Waals surface area contributed by atoms with Crippen molar-refractivity contribution in [3.8, 4) is 0 Å². The Morgan fingerprint density at radius 3 is 2.44 bits per heavy atom. The van der Waals surface area contributed by atoms with Gasteiger partial charge in [0.1, 0.15) is 0 Å². The second kappa shape index (κ2) is 7.64. The second-order valence-electron chi connectivity index (χ2n) is 4.43. The molecule has 0 aliphatic rings. The largest absolute Gasteiger partial charge is 0.311 e. The van der Waals surface area contributed by atoms with Gasteiger partial charge >= 0.3 is 0 Å². The maximum Gasteiger partial charge on any atom is 0.0451 e. The van der Waals surface area contributed by atoms with E-state index in [0.717, 1.165) is 28.7 Å². The average molecular weight is 306 g/mol.